The van der Waals surface area contributed by atoms with Gasteiger partial charge >= 0.3 is 0 Å². The van der Waals surface area contributed by atoms with Crippen molar-refractivity contribution in [3.63, 3.8) is 0 Å². The molecule has 19 heteroatoms. The van der Waals surface area contributed by atoms with Crippen LogP contribution in [-0.2, 0) is 33.2 Å². The number of amides is 1. The number of rotatable bonds is 67. The second-order valence-electron chi connectivity index (χ2n) is 29.9. The van der Waals surface area contributed by atoms with Gasteiger partial charge < -0.3 is 89.9 Å². The van der Waals surface area contributed by atoms with Crippen LogP contribution in [0.15, 0.2) is 60.8 Å². The molecule has 0 aliphatic carbocycles. The molecule has 3 aliphatic rings. The molecule has 3 rings (SSSR count). The Hall–Kier alpha value is -2.51. The molecule has 103 heavy (non-hydrogen) atoms. The number of allylic oxidation sites excluding steroid dienone is 9. The van der Waals surface area contributed by atoms with Gasteiger partial charge in [0.1, 0.15) is 73.2 Å². The van der Waals surface area contributed by atoms with Gasteiger partial charge in [-0.1, -0.05) is 312 Å². The van der Waals surface area contributed by atoms with Crippen LogP contribution in [0.1, 0.15) is 335 Å². The Balaban J connectivity index is 1.31. The molecule has 0 aromatic heterocycles. The topological polar surface area (TPSA) is 307 Å². The van der Waals surface area contributed by atoms with E-state index in [2.05, 4.69) is 67.8 Å². The van der Waals surface area contributed by atoms with E-state index < -0.39 is 124 Å². The van der Waals surface area contributed by atoms with Crippen molar-refractivity contribution in [2.75, 3.05) is 26.4 Å². The van der Waals surface area contributed by atoms with Gasteiger partial charge in [0.2, 0.25) is 5.91 Å². The first-order chi connectivity index (χ1) is 50.3. The van der Waals surface area contributed by atoms with Gasteiger partial charge in [0.05, 0.1) is 38.6 Å². The van der Waals surface area contributed by atoms with Gasteiger partial charge in [-0.25, -0.2) is 0 Å². The standard InChI is InChI=1S/C84H153NO18/c1-3-5-7-9-11-13-15-17-19-21-23-24-25-26-27-28-29-30-31-32-33-34-35-36-37-38-39-40-41-42-44-46-48-50-52-54-56-58-60-62-72(90)85-67(68(89)61-59-57-55-53-51-49-47-45-43-22-20-18-16-14-12-10-8-6-4-2)66-98-82-78(96)75(93)80(70(64-87)100-82)103-84-79(97)76(94)81(71(65-88)101-84)102-83-77(95)74(92)73(91)69(63-86)99-83/h15,17,21,23,43,45,51,53,59,61,67-71,73-84,86-89,91-97H,3-14,16,18-20,22,24-42,44,46-50,52,54-58,60,62-66H2,1-2H3,(H,85,90)/b17-15-,23-21-,45-43+,53-51+,61-59+. The fourth-order valence-electron chi connectivity index (χ4n) is 14.0. The molecule has 3 aliphatic heterocycles. The van der Waals surface area contributed by atoms with E-state index in [4.69, 9.17) is 28.4 Å². The predicted molar refractivity (Wildman–Crippen MR) is 411 cm³/mol. The second kappa shape index (κ2) is 64.3. The fourth-order valence-corrected chi connectivity index (χ4v) is 14.0. The molecule has 602 valence electrons. The summed E-state index contributed by atoms with van der Waals surface area (Å²) in [5.41, 5.74) is 0. The van der Waals surface area contributed by atoms with E-state index in [9.17, 15) is 61.0 Å². The summed E-state index contributed by atoms with van der Waals surface area (Å²) >= 11 is 0. The zero-order valence-corrected chi connectivity index (χ0v) is 64.5. The van der Waals surface area contributed by atoms with Gasteiger partial charge in [-0.2, -0.15) is 0 Å². The lowest BCUT2D eigenvalue weighted by molar-refractivity contribution is -0.379. The smallest absolute Gasteiger partial charge is 0.220 e. The van der Waals surface area contributed by atoms with E-state index >= 15 is 0 Å². The van der Waals surface area contributed by atoms with Gasteiger partial charge in [0, 0.05) is 6.42 Å². The molecule has 19 nitrogen and oxygen atoms in total. The number of nitrogens with one attached hydrogen (secondary N) is 1. The number of hydrogen-bond donors (Lipinski definition) is 12. The molecule has 0 saturated carbocycles. The normalized spacial score (nSPS) is 26.3. The largest absolute Gasteiger partial charge is 0.394 e. The van der Waals surface area contributed by atoms with Gasteiger partial charge in [0.25, 0.3) is 0 Å². The first-order valence-electron chi connectivity index (χ1n) is 42.0. The van der Waals surface area contributed by atoms with Crippen molar-refractivity contribution in [1.82, 2.24) is 5.32 Å². The minimum atomic E-state index is -1.98. The van der Waals surface area contributed by atoms with Crippen LogP contribution >= 0.6 is 0 Å². The summed E-state index contributed by atoms with van der Waals surface area (Å²) in [6.45, 7) is 1.73. The molecule has 0 aromatic carbocycles. The Morgan fingerprint density at radius 2 is 0.650 bits per heavy atom. The van der Waals surface area contributed by atoms with Crippen LogP contribution in [-0.4, -0.2) is 193 Å². The van der Waals surface area contributed by atoms with Gasteiger partial charge in [-0.05, 0) is 77.0 Å². The highest BCUT2D eigenvalue weighted by molar-refractivity contribution is 5.76. The van der Waals surface area contributed by atoms with Crippen molar-refractivity contribution in [2.45, 2.75) is 439 Å². The Morgan fingerprint density at radius 1 is 0.350 bits per heavy atom. The average molecular weight is 1470 g/mol. The van der Waals surface area contributed by atoms with E-state index in [1.807, 2.05) is 6.08 Å². The van der Waals surface area contributed by atoms with Gasteiger partial charge in [0.15, 0.2) is 18.9 Å². The number of aliphatic hydroxyl groups excluding tert-OH is 11. The molecule has 0 aromatic rings. The first kappa shape index (κ1) is 94.7. The lowest BCUT2D eigenvalue weighted by atomic mass is 9.96. The van der Waals surface area contributed by atoms with Crippen LogP contribution in [0.3, 0.4) is 0 Å². The summed E-state index contributed by atoms with van der Waals surface area (Å²) in [4.78, 5) is 13.5. The fraction of sp³-hybridized carbons (Fsp3) is 0.869. The van der Waals surface area contributed by atoms with Crippen molar-refractivity contribution in [2.24, 2.45) is 0 Å². The second-order valence-corrected chi connectivity index (χ2v) is 29.9. The van der Waals surface area contributed by atoms with Crippen LogP contribution in [0.5, 0.6) is 0 Å². The van der Waals surface area contributed by atoms with Crippen molar-refractivity contribution < 1.29 is 89.4 Å². The number of hydrogen-bond acceptors (Lipinski definition) is 18. The minimum absolute atomic E-state index is 0.234. The monoisotopic (exact) mass is 1460 g/mol. The summed E-state index contributed by atoms with van der Waals surface area (Å²) in [6, 6.07) is -0.997. The zero-order chi connectivity index (χ0) is 74.6. The third kappa shape index (κ3) is 44.1. The van der Waals surface area contributed by atoms with E-state index in [1.165, 1.54) is 250 Å². The van der Waals surface area contributed by atoms with E-state index in [0.717, 1.165) is 51.4 Å². The molecule has 3 heterocycles. The molecule has 0 bridgehead atoms. The summed E-state index contributed by atoms with van der Waals surface area (Å²) in [6.07, 6.45) is 56.7. The predicted octanol–water partition coefficient (Wildman–Crippen LogP) is 14.6. The molecule has 0 radical (unpaired) electrons. The van der Waals surface area contributed by atoms with E-state index in [1.54, 1.807) is 6.08 Å². The molecule has 3 saturated heterocycles. The zero-order valence-electron chi connectivity index (χ0n) is 64.5. The molecule has 0 spiro atoms. The summed E-state index contributed by atoms with van der Waals surface area (Å²) in [5.74, 6) is -0.284. The molecule has 12 N–H and O–H groups in total. The Morgan fingerprint density at radius 3 is 1.03 bits per heavy atom. The van der Waals surface area contributed by atoms with Crippen molar-refractivity contribution in [3.05, 3.63) is 60.8 Å². The lowest BCUT2D eigenvalue weighted by Gasteiger charge is -2.48. The Bertz CT molecular complexity index is 2090. The average Bonchev–Trinajstić information content (AvgIpc) is 0.781. The summed E-state index contributed by atoms with van der Waals surface area (Å²) in [5, 5.41) is 121. The van der Waals surface area contributed by atoms with Crippen LogP contribution in [0.4, 0.5) is 0 Å². The van der Waals surface area contributed by atoms with Crippen LogP contribution < -0.4 is 5.32 Å². The van der Waals surface area contributed by atoms with E-state index in [-0.39, 0.29) is 18.9 Å². The van der Waals surface area contributed by atoms with Crippen molar-refractivity contribution >= 4 is 5.91 Å². The number of unbranched alkanes of at least 4 members (excludes halogenated alkanes) is 43. The molecular weight excluding hydrogens is 1310 g/mol. The highest BCUT2D eigenvalue weighted by Crippen LogP contribution is 2.33. The van der Waals surface area contributed by atoms with Crippen molar-refractivity contribution in [1.29, 1.82) is 0 Å². The maximum Gasteiger partial charge on any atom is 0.220 e. The summed E-state index contributed by atoms with van der Waals surface area (Å²) in [7, 11) is 0. The van der Waals surface area contributed by atoms with Gasteiger partial charge in [-0.3, -0.25) is 4.79 Å². The van der Waals surface area contributed by atoms with Crippen molar-refractivity contribution in [3.8, 4) is 0 Å². The van der Waals surface area contributed by atoms with Crippen LogP contribution in [0.25, 0.3) is 0 Å². The van der Waals surface area contributed by atoms with E-state index in [0.29, 0.717) is 12.8 Å². The molecule has 1 amide bonds. The maximum atomic E-state index is 13.5. The lowest BCUT2D eigenvalue weighted by Crippen LogP contribution is -2.66. The quantitative estimate of drug-likeness (QED) is 0.0199. The molecule has 3 fully saturated rings. The highest BCUT2D eigenvalue weighted by Gasteiger charge is 2.54. The number of ether oxygens (including phenoxy) is 6. The molecule has 17 atom stereocenters. The first-order valence-corrected chi connectivity index (χ1v) is 42.0. The number of carbonyl (C=O) groups is 1. The Kier molecular flexibility index (Phi) is 59.1. The SMILES string of the molecule is CCCCCCC/C=C\C/C=C\CCCCCCCCCCCCCCCCCCCCCCCCCCCCCC(=O)NC(COC1OC(CO)C(OC2OC(CO)C(OC3OC(CO)C(O)C(O)C3O)C(O)C2O)C(O)C1O)C(O)/C=C/CC/C=C/CC/C=C/CCCCCCCCCCC. The summed E-state index contributed by atoms with van der Waals surface area (Å²) < 4.78 is 34.4. The Labute approximate surface area is 624 Å². The van der Waals surface area contributed by atoms with Gasteiger partial charge in [-0.15, -0.1) is 0 Å². The minimum Gasteiger partial charge on any atom is -0.394 e. The third-order valence-electron chi connectivity index (χ3n) is 20.8. The third-order valence-corrected chi connectivity index (χ3v) is 20.8. The number of carbonyl (C=O) groups excluding carboxylic acids is 1. The molecular formula is C84H153NO18. The number of aliphatic hydroxyl groups is 11. The molecule has 17 unspecified atom stereocenters. The van der Waals surface area contributed by atoms with Crippen LogP contribution in [0.2, 0.25) is 0 Å². The van der Waals surface area contributed by atoms with Crippen LogP contribution in [0, 0.1) is 0 Å². The maximum absolute atomic E-state index is 13.5. The highest BCUT2D eigenvalue weighted by atomic mass is 16.8.